The van der Waals surface area contributed by atoms with Crippen LogP contribution in [-0.2, 0) is 13.2 Å². The van der Waals surface area contributed by atoms with Gasteiger partial charge in [0.05, 0.1) is 10.6 Å². The quantitative estimate of drug-likeness (QED) is 0.859. The Labute approximate surface area is 128 Å². The minimum atomic E-state index is -0.939. The van der Waals surface area contributed by atoms with Crippen molar-refractivity contribution in [2.24, 2.45) is 0 Å². The van der Waals surface area contributed by atoms with Crippen LogP contribution in [0.3, 0.4) is 0 Å². The van der Waals surface area contributed by atoms with E-state index in [4.69, 9.17) is 21.4 Å². The summed E-state index contributed by atoms with van der Waals surface area (Å²) in [6.45, 7) is 1.08. The molecule has 2 aromatic rings. The first-order valence-corrected chi connectivity index (χ1v) is 6.86. The Balaban J connectivity index is 2.00. The van der Waals surface area contributed by atoms with Crippen molar-refractivity contribution in [2.45, 2.75) is 13.2 Å². The van der Waals surface area contributed by atoms with Crippen LogP contribution in [-0.4, -0.2) is 18.1 Å². The molecule has 0 atom stereocenters. The molecule has 2 rings (SSSR count). The topological polar surface area (TPSA) is 58.6 Å². The van der Waals surface area contributed by atoms with Crippen LogP contribution < -0.4 is 10.1 Å². The zero-order valence-electron chi connectivity index (χ0n) is 11.6. The van der Waals surface area contributed by atoms with E-state index in [0.29, 0.717) is 17.4 Å². The highest BCUT2D eigenvalue weighted by Gasteiger charge is 2.05. The molecular weight excluding hydrogens is 290 g/mol. The SMILES string of the molecule is CNCc1ccc(OCc2ccc(C(=O)O)cc2)c(Cl)c1. The Morgan fingerprint density at radius 2 is 1.86 bits per heavy atom. The predicted molar refractivity (Wildman–Crippen MR) is 81.9 cm³/mol. The van der Waals surface area contributed by atoms with Crippen LogP contribution in [0.15, 0.2) is 42.5 Å². The van der Waals surface area contributed by atoms with Gasteiger partial charge in [-0.05, 0) is 42.4 Å². The van der Waals surface area contributed by atoms with Gasteiger partial charge in [0.1, 0.15) is 12.4 Å². The molecule has 0 saturated carbocycles. The third-order valence-corrected chi connectivity index (χ3v) is 3.27. The van der Waals surface area contributed by atoms with Gasteiger partial charge in [-0.15, -0.1) is 0 Å². The molecule has 0 aromatic heterocycles. The van der Waals surface area contributed by atoms with Crippen molar-refractivity contribution in [1.29, 1.82) is 0 Å². The van der Waals surface area contributed by atoms with Gasteiger partial charge in [-0.1, -0.05) is 29.8 Å². The maximum atomic E-state index is 10.8. The highest BCUT2D eigenvalue weighted by molar-refractivity contribution is 6.32. The van der Waals surface area contributed by atoms with Gasteiger partial charge in [0.2, 0.25) is 0 Å². The maximum absolute atomic E-state index is 10.8. The lowest BCUT2D eigenvalue weighted by Crippen LogP contribution is -2.05. The fourth-order valence-electron chi connectivity index (χ4n) is 1.88. The molecule has 2 N–H and O–H groups in total. The standard InChI is InChI=1S/C16H16ClNO3/c1-18-9-12-4-7-15(14(17)8-12)21-10-11-2-5-13(6-3-11)16(19)20/h2-8,18H,9-10H2,1H3,(H,19,20). The van der Waals surface area contributed by atoms with Crippen LogP contribution in [0.25, 0.3) is 0 Å². The first-order chi connectivity index (χ1) is 10.1. The molecule has 5 heteroatoms. The third kappa shape index (κ3) is 4.21. The summed E-state index contributed by atoms with van der Waals surface area (Å²) in [6.07, 6.45) is 0. The summed E-state index contributed by atoms with van der Waals surface area (Å²) in [4.78, 5) is 10.8. The molecule has 0 fully saturated rings. The fraction of sp³-hybridized carbons (Fsp3) is 0.188. The number of carbonyl (C=O) groups is 1. The average molecular weight is 306 g/mol. The molecule has 4 nitrogen and oxygen atoms in total. The molecule has 21 heavy (non-hydrogen) atoms. The number of ether oxygens (including phenoxy) is 1. The van der Waals surface area contributed by atoms with Crippen molar-refractivity contribution >= 4 is 17.6 Å². The molecule has 110 valence electrons. The molecular formula is C16H16ClNO3. The Bertz CT molecular complexity index is 626. The number of hydrogen-bond donors (Lipinski definition) is 2. The molecule has 0 amide bonds. The van der Waals surface area contributed by atoms with Gasteiger partial charge in [0.25, 0.3) is 0 Å². The van der Waals surface area contributed by atoms with Crippen molar-refractivity contribution in [2.75, 3.05) is 7.05 Å². The van der Waals surface area contributed by atoms with Crippen molar-refractivity contribution < 1.29 is 14.6 Å². The third-order valence-electron chi connectivity index (χ3n) is 2.97. The highest BCUT2D eigenvalue weighted by atomic mass is 35.5. The van der Waals surface area contributed by atoms with Crippen molar-refractivity contribution in [3.05, 3.63) is 64.2 Å². The normalized spacial score (nSPS) is 10.4. The van der Waals surface area contributed by atoms with Gasteiger partial charge < -0.3 is 15.2 Å². The number of rotatable bonds is 6. The van der Waals surface area contributed by atoms with Crippen LogP contribution in [0, 0.1) is 0 Å². The molecule has 0 aliphatic rings. The number of benzene rings is 2. The Hall–Kier alpha value is -2.04. The maximum Gasteiger partial charge on any atom is 0.335 e. The molecule has 0 heterocycles. The zero-order valence-corrected chi connectivity index (χ0v) is 12.4. The van der Waals surface area contributed by atoms with Crippen LogP contribution >= 0.6 is 11.6 Å². The summed E-state index contributed by atoms with van der Waals surface area (Å²) < 4.78 is 5.66. The number of hydrogen-bond acceptors (Lipinski definition) is 3. The van der Waals surface area contributed by atoms with E-state index in [9.17, 15) is 4.79 Å². The lowest BCUT2D eigenvalue weighted by molar-refractivity contribution is 0.0697. The first kappa shape index (κ1) is 15.4. The summed E-state index contributed by atoms with van der Waals surface area (Å²) in [5, 5.41) is 12.5. The minimum Gasteiger partial charge on any atom is -0.487 e. The minimum absolute atomic E-state index is 0.258. The van der Waals surface area contributed by atoms with Crippen LogP contribution in [0.2, 0.25) is 5.02 Å². The number of halogens is 1. The van der Waals surface area contributed by atoms with E-state index in [1.54, 1.807) is 24.3 Å². The molecule has 0 unspecified atom stereocenters. The molecule has 0 aliphatic carbocycles. The molecule has 0 spiro atoms. The van der Waals surface area contributed by atoms with Crippen molar-refractivity contribution in [3.8, 4) is 5.75 Å². The Kier molecular flexibility index (Phi) is 5.20. The van der Waals surface area contributed by atoms with E-state index in [0.717, 1.165) is 17.7 Å². The second-order valence-corrected chi connectivity index (χ2v) is 4.99. The summed E-state index contributed by atoms with van der Waals surface area (Å²) in [6, 6.07) is 12.2. The van der Waals surface area contributed by atoms with Crippen LogP contribution in [0.5, 0.6) is 5.75 Å². The lowest BCUT2D eigenvalue weighted by atomic mass is 10.1. The van der Waals surface area contributed by atoms with E-state index < -0.39 is 5.97 Å². The number of carboxylic acid groups (broad SMARTS) is 1. The molecule has 0 bridgehead atoms. The van der Waals surface area contributed by atoms with Gasteiger partial charge in [0, 0.05) is 6.54 Å². The Morgan fingerprint density at radius 3 is 2.43 bits per heavy atom. The monoisotopic (exact) mass is 305 g/mol. The fourth-order valence-corrected chi connectivity index (χ4v) is 2.14. The van der Waals surface area contributed by atoms with Crippen molar-refractivity contribution in [3.63, 3.8) is 0 Å². The predicted octanol–water partition coefficient (Wildman–Crippen LogP) is 3.34. The van der Waals surface area contributed by atoms with Gasteiger partial charge >= 0.3 is 5.97 Å². The highest BCUT2D eigenvalue weighted by Crippen LogP contribution is 2.26. The zero-order chi connectivity index (χ0) is 15.2. The summed E-state index contributed by atoms with van der Waals surface area (Å²) >= 11 is 6.17. The first-order valence-electron chi connectivity index (χ1n) is 6.48. The molecule has 2 aromatic carbocycles. The largest absolute Gasteiger partial charge is 0.487 e. The van der Waals surface area contributed by atoms with Gasteiger partial charge in [0.15, 0.2) is 0 Å². The smallest absolute Gasteiger partial charge is 0.335 e. The summed E-state index contributed by atoms with van der Waals surface area (Å²) in [7, 11) is 1.87. The van der Waals surface area contributed by atoms with E-state index in [1.165, 1.54) is 0 Å². The Morgan fingerprint density at radius 1 is 1.19 bits per heavy atom. The summed E-state index contributed by atoms with van der Waals surface area (Å²) in [5.41, 5.74) is 2.23. The van der Waals surface area contributed by atoms with Gasteiger partial charge in [-0.3, -0.25) is 0 Å². The van der Waals surface area contributed by atoms with Gasteiger partial charge in [-0.25, -0.2) is 4.79 Å². The number of carboxylic acids is 1. The average Bonchev–Trinajstić information content (AvgIpc) is 2.47. The second-order valence-electron chi connectivity index (χ2n) is 4.59. The van der Waals surface area contributed by atoms with E-state index >= 15 is 0 Å². The summed E-state index contributed by atoms with van der Waals surface area (Å²) in [5.74, 6) is -0.329. The second kappa shape index (κ2) is 7.11. The van der Waals surface area contributed by atoms with Gasteiger partial charge in [-0.2, -0.15) is 0 Å². The molecule has 0 radical (unpaired) electrons. The van der Waals surface area contributed by atoms with E-state index in [-0.39, 0.29) is 5.56 Å². The number of nitrogens with one attached hydrogen (secondary N) is 1. The van der Waals surface area contributed by atoms with E-state index in [2.05, 4.69) is 5.32 Å². The molecule has 0 aliphatic heterocycles. The lowest BCUT2D eigenvalue weighted by Gasteiger charge is -2.10. The van der Waals surface area contributed by atoms with E-state index in [1.807, 2.05) is 25.2 Å². The number of aromatic carboxylic acids is 1. The molecule has 0 saturated heterocycles. The van der Waals surface area contributed by atoms with Crippen LogP contribution in [0.4, 0.5) is 0 Å². The van der Waals surface area contributed by atoms with Crippen LogP contribution in [0.1, 0.15) is 21.5 Å². The van der Waals surface area contributed by atoms with Crippen molar-refractivity contribution in [1.82, 2.24) is 5.32 Å².